The Kier molecular flexibility index (Phi) is 5.74. The molecule has 0 saturated heterocycles. The van der Waals surface area contributed by atoms with Crippen molar-refractivity contribution >= 4 is 15.9 Å². The lowest BCUT2D eigenvalue weighted by molar-refractivity contribution is 0.519. The van der Waals surface area contributed by atoms with Crippen molar-refractivity contribution in [1.29, 1.82) is 0 Å². The number of hydrogen-bond donors (Lipinski definition) is 1. The Hall–Kier alpha value is -1.19. The van der Waals surface area contributed by atoms with Gasteiger partial charge in [0.25, 0.3) is 0 Å². The molecule has 2 rings (SSSR count). The summed E-state index contributed by atoms with van der Waals surface area (Å²) in [7, 11) is 1.92. The summed E-state index contributed by atoms with van der Waals surface area (Å²) in [5.41, 5.74) is 2.33. The van der Waals surface area contributed by atoms with Crippen LogP contribution in [-0.2, 0) is 6.42 Å². The van der Waals surface area contributed by atoms with Crippen molar-refractivity contribution < 1.29 is 4.39 Å². The SMILES string of the molecule is CNC(CCCc1ccccc1)c1cccc(F)c1Br. The van der Waals surface area contributed by atoms with E-state index < -0.39 is 0 Å². The molecule has 2 aromatic carbocycles. The molecule has 3 heteroatoms. The quantitative estimate of drug-likeness (QED) is 0.793. The van der Waals surface area contributed by atoms with Gasteiger partial charge >= 0.3 is 0 Å². The molecule has 1 atom stereocenters. The first kappa shape index (κ1) is 15.2. The first-order chi connectivity index (χ1) is 9.72. The molecule has 106 valence electrons. The zero-order valence-corrected chi connectivity index (χ0v) is 13.2. The van der Waals surface area contributed by atoms with Gasteiger partial charge in [-0.2, -0.15) is 0 Å². The average Bonchev–Trinajstić information content (AvgIpc) is 2.48. The predicted octanol–water partition coefficient (Wildman–Crippen LogP) is 4.87. The van der Waals surface area contributed by atoms with E-state index in [1.165, 1.54) is 11.6 Å². The van der Waals surface area contributed by atoms with Crippen molar-refractivity contribution in [3.8, 4) is 0 Å². The van der Waals surface area contributed by atoms with Crippen molar-refractivity contribution in [3.63, 3.8) is 0 Å². The van der Waals surface area contributed by atoms with Gasteiger partial charge in [0.15, 0.2) is 0 Å². The molecule has 0 heterocycles. The summed E-state index contributed by atoms with van der Waals surface area (Å²) in [6.45, 7) is 0. The van der Waals surface area contributed by atoms with E-state index in [9.17, 15) is 4.39 Å². The molecule has 1 unspecified atom stereocenters. The van der Waals surface area contributed by atoms with Crippen LogP contribution in [0.1, 0.15) is 30.0 Å². The Labute approximate surface area is 128 Å². The Morgan fingerprint density at radius 2 is 1.85 bits per heavy atom. The first-order valence-corrected chi connectivity index (χ1v) is 7.66. The molecule has 0 aromatic heterocycles. The Bertz CT molecular complexity index is 542. The number of benzene rings is 2. The maximum Gasteiger partial charge on any atom is 0.137 e. The molecule has 0 radical (unpaired) electrons. The van der Waals surface area contributed by atoms with E-state index >= 15 is 0 Å². The van der Waals surface area contributed by atoms with E-state index in [1.807, 2.05) is 19.2 Å². The van der Waals surface area contributed by atoms with Crippen molar-refractivity contribution in [3.05, 3.63) is 69.9 Å². The molecule has 0 aliphatic carbocycles. The van der Waals surface area contributed by atoms with Crippen LogP contribution < -0.4 is 5.32 Å². The van der Waals surface area contributed by atoms with E-state index in [4.69, 9.17) is 0 Å². The third kappa shape index (κ3) is 3.90. The van der Waals surface area contributed by atoms with Crippen molar-refractivity contribution in [2.45, 2.75) is 25.3 Å². The van der Waals surface area contributed by atoms with Crippen molar-refractivity contribution in [1.82, 2.24) is 5.32 Å². The fourth-order valence-electron chi connectivity index (χ4n) is 2.40. The first-order valence-electron chi connectivity index (χ1n) is 6.87. The second-order valence-corrected chi connectivity index (χ2v) is 5.66. The Balaban J connectivity index is 1.97. The van der Waals surface area contributed by atoms with Crippen LogP contribution in [0.5, 0.6) is 0 Å². The maximum atomic E-state index is 13.6. The van der Waals surface area contributed by atoms with Gasteiger partial charge in [-0.25, -0.2) is 4.39 Å². The number of hydrogen-bond acceptors (Lipinski definition) is 1. The van der Waals surface area contributed by atoms with Crippen LogP contribution in [0.2, 0.25) is 0 Å². The van der Waals surface area contributed by atoms with E-state index in [-0.39, 0.29) is 11.9 Å². The van der Waals surface area contributed by atoms with Crippen LogP contribution in [0.15, 0.2) is 53.0 Å². The van der Waals surface area contributed by atoms with Gasteiger partial charge in [0, 0.05) is 6.04 Å². The monoisotopic (exact) mass is 335 g/mol. The van der Waals surface area contributed by atoms with Gasteiger partial charge in [-0.15, -0.1) is 0 Å². The summed E-state index contributed by atoms with van der Waals surface area (Å²) in [5.74, 6) is -0.203. The highest BCUT2D eigenvalue weighted by atomic mass is 79.9. The van der Waals surface area contributed by atoms with Gasteiger partial charge in [-0.05, 0) is 59.4 Å². The maximum absolute atomic E-state index is 13.6. The zero-order chi connectivity index (χ0) is 14.4. The largest absolute Gasteiger partial charge is 0.313 e. The second kappa shape index (κ2) is 7.55. The molecule has 0 aliphatic rings. The van der Waals surface area contributed by atoms with Gasteiger partial charge in [-0.3, -0.25) is 0 Å². The minimum absolute atomic E-state index is 0.170. The van der Waals surface area contributed by atoms with Crippen LogP contribution in [0, 0.1) is 5.82 Å². The zero-order valence-electron chi connectivity index (χ0n) is 11.6. The molecule has 0 aliphatic heterocycles. The van der Waals surface area contributed by atoms with Crippen LogP contribution in [0.25, 0.3) is 0 Å². The molecular weight excluding hydrogens is 317 g/mol. The standard InChI is InChI=1S/C17H19BrFN/c1-20-16(14-10-6-11-15(19)17(14)18)12-5-9-13-7-3-2-4-8-13/h2-4,6-8,10-11,16,20H,5,9,12H2,1H3. The van der Waals surface area contributed by atoms with Crippen LogP contribution in [0.3, 0.4) is 0 Å². The summed E-state index contributed by atoms with van der Waals surface area (Å²) in [6, 6.07) is 15.8. The van der Waals surface area contributed by atoms with E-state index in [0.717, 1.165) is 24.8 Å². The van der Waals surface area contributed by atoms with Gasteiger partial charge in [0.1, 0.15) is 5.82 Å². The minimum Gasteiger partial charge on any atom is -0.313 e. The Morgan fingerprint density at radius 1 is 1.10 bits per heavy atom. The van der Waals surface area contributed by atoms with Crippen LogP contribution in [-0.4, -0.2) is 7.05 Å². The third-order valence-corrected chi connectivity index (χ3v) is 4.34. The second-order valence-electron chi connectivity index (χ2n) is 4.86. The van der Waals surface area contributed by atoms with Crippen LogP contribution >= 0.6 is 15.9 Å². The minimum atomic E-state index is -0.203. The molecule has 0 amide bonds. The highest BCUT2D eigenvalue weighted by Crippen LogP contribution is 2.28. The molecule has 20 heavy (non-hydrogen) atoms. The fraction of sp³-hybridized carbons (Fsp3) is 0.294. The molecular formula is C17H19BrFN. The summed E-state index contributed by atoms with van der Waals surface area (Å²) in [5, 5.41) is 3.28. The summed E-state index contributed by atoms with van der Waals surface area (Å²) >= 11 is 3.34. The molecule has 0 fully saturated rings. The lowest BCUT2D eigenvalue weighted by Gasteiger charge is -2.18. The number of nitrogens with one attached hydrogen (secondary N) is 1. The van der Waals surface area contributed by atoms with E-state index in [2.05, 4.69) is 45.5 Å². The number of aryl methyl sites for hydroxylation is 1. The lowest BCUT2D eigenvalue weighted by atomic mass is 9.99. The number of halogens is 2. The lowest BCUT2D eigenvalue weighted by Crippen LogP contribution is -2.17. The predicted molar refractivity (Wildman–Crippen MR) is 85.3 cm³/mol. The summed E-state index contributed by atoms with van der Waals surface area (Å²) < 4.78 is 14.2. The molecule has 0 saturated carbocycles. The van der Waals surface area contributed by atoms with Gasteiger partial charge in [0.2, 0.25) is 0 Å². The normalized spacial score (nSPS) is 12.3. The van der Waals surface area contributed by atoms with Crippen molar-refractivity contribution in [2.24, 2.45) is 0 Å². The molecule has 0 bridgehead atoms. The molecule has 0 spiro atoms. The molecule has 1 N–H and O–H groups in total. The van der Waals surface area contributed by atoms with Crippen molar-refractivity contribution in [2.75, 3.05) is 7.05 Å². The van der Waals surface area contributed by atoms with Gasteiger partial charge in [0.05, 0.1) is 4.47 Å². The fourth-order valence-corrected chi connectivity index (χ4v) is 2.94. The molecule has 1 nitrogen and oxygen atoms in total. The molecule has 2 aromatic rings. The number of rotatable bonds is 6. The van der Waals surface area contributed by atoms with E-state index in [1.54, 1.807) is 6.07 Å². The van der Waals surface area contributed by atoms with Gasteiger partial charge in [-0.1, -0.05) is 42.5 Å². The average molecular weight is 336 g/mol. The van der Waals surface area contributed by atoms with E-state index in [0.29, 0.717) is 4.47 Å². The topological polar surface area (TPSA) is 12.0 Å². The van der Waals surface area contributed by atoms with Crippen LogP contribution in [0.4, 0.5) is 4.39 Å². The Morgan fingerprint density at radius 3 is 2.55 bits per heavy atom. The smallest absolute Gasteiger partial charge is 0.137 e. The highest BCUT2D eigenvalue weighted by molar-refractivity contribution is 9.10. The summed E-state index contributed by atoms with van der Waals surface area (Å²) in [4.78, 5) is 0. The highest BCUT2D eigenvalue weighted by Gasteiger charge is 2.14. The summed E-state index contributed by atoms with van der Waals surface area (Å²) in [6.07, 6.45) is 3.10. The van der Waals surface area contributed by atoms with Gasteiger partial charge < -0.3 is 5.32 Å². The third-order valence-electron chi connectivity index (χ3n) is 3.51.